The molecule has 0 fully saturated rings. The SMILES string of the molecule is COc1ccc(C)cc1[C@@H](C)N=Cc1ccccc1O. The molecule has 0 saturated heterocycles. The predicted octanol–water partition coefficient (Wildman–Crippen LogP) is 3.89. The summed E-state index contributed by atoms with van der Waals surface area (Å²) >= 11 is 0. The van der Waals surface area contributed by atoms with Crippen molar-refractivity contribution in [3.63, 3.8) is 0 Å². The van der Waals surface area contributed by atoms with Gasteiger partial charge in [-0.2, -0.15) is 0 Å². The minimum atomic E-state index is -0.0375. The van der Waals surface area contributed by atoms with Gasteiger partial charge in [0.05, 0.1) is 13.2 Å². The summed E-state index contributed by atoms with van der Waals surface area (Å²) in [5.41, 5.74) is 2.93. The van der Waals surface area contributed by atoms with Crippen molar-refractivity contribution in [2.75, 3.05) is 7.11 Å². The van der Waals surface area contributed by atoms with Crippen molar-refractivity contribution >= 4 is 6.21 Å². The fourth-order valence-electron chi connectivity index (χ4n) is 2.05. The monoisotopic (exact) mass is 269 g/mol. The van der Waals surface area contributed by atoms with E-state index in [0.29, 0.717) is 5.56 Å². The average Bonchev–Trinajstić information content (AvgIpc) is 2.46. The van der Waals surface area contributed by atoms with Gasteiger partial charge in [-0.05, 0) is 32.0 Å². The van der Waals surface area contributed by atoms with Crippen LogP contribution in [0, 0.1) is 6.92 Å². The van der Waals surface area contributed by atoms with E-state index in [-0.39, 0.29) is 11.8 Å². The zero-order valence-corrected chi connectivity index (χ0v) is 12.0. The third-order valence-electron chi connectivity index (χ3n) is 3.21. The number of methoxy groups -OCH3 is 1. The van der Waals surface area contributed by atoms with Crippen molar-refractivity contribution in [1.82, 2.24) is 0 Å². The molecule has 0 aromatic heterocycles. The van der Waals surface area contributed by atoms with Gasteiger partial charge in [0, 0.05) is 17.3 Å². The number of hydrogen-bond acceptors (Lipinski definition) is 3. The zero-order valence-electron chi connectivity index (χ0n) is 12.0. The lowest BCUT2D eigenvalue weighted by Crippen LogP contribution is -1.97. The van der Waals surface area contributed by atoms with Crippen LogP contribution in [-0.2, 0) is 0 Å². The molecule has 3 heteroatoms. The van der Waals surface area contributed by atoms with Crippen LogP contribution in [0.3, 0.4) is 0 Å². The lowest BCUT2D eigenvalue weighted by Gasteiger charge is -2.13. The Bertz CT molecular complexity index is 620. The van der Waals surface area contributed by atoms with Crippen LogP contribution in [0.2, 0.25) is 0 Å². The lowest BCUT2D eigenvalue weighted by molar-refractivity contribution is 0.407. The third-order valence-corrected chi connectivity index (χ3v) is 3.21. The number of aromatic hydroxyl groups is 1. The molecule has 0 radical (unpaired) electrons. The topological polar surface area (TPSA) is 41.8 Å². The summed E-state index contributed by atoms with van der Waals surface area (Å²) in [6, 6.07) is 13.2. The molecule has 0 aliphatic rings. The van der Waals surface area contributed by atoms with Gasteiger partial charge in [-0.25, -0.2) is 0 Å². The summed E-state index contributed by atoms with van der Waals surface area (Å²) in [5, 5.41) is 9.72. The molecule has 1 atom stereocenters. The normalized spacial score (nSPS) is 12.6. The summed E-state index contributed by atoms with van der Waals surface area (Å²) in [5.74, 6) is 1.07. The minimum absolute atomic E-state index is 0.0375. The Labute approximate surface area is 119 Å². The highest BCUT2D eigenvalue weighted by atomic mass is 16.5. The van der Waals surface area contributed by atoms with Crippen LogP contribution in [0.15, 0.2) is 47.5 Å². The Balaban J connectivity index is 2.26. The molecule has 2 aromatic rings. The first-order valence-electron chi connectivity index (χ1n) is 6.57. The molecule has 20 heavy (non-hydrogen) atoms. The molecule has 0 unspecified atom stereocenters. The van der Waals surface area contributed by atoms with Gasteiger partial charge in [0.25, 0.3) is 0 Å². The number of phenolic OH excluding ortho intramolecular Hbond substituents is 1. The van der Waals surface area contributed by atoms with E-state index < -0.39 is 0 Å². The second kappa shape index (κ2) is 6.24. The molecule has 2 rings (SSSR count). The van der Waals surface area contributed by atoms with Gasteiger partial charge in [0.2, 0.25) is 0 Å². The summed E-state index contributed by atoms with van der Waals surface area (Å²) in [7, 11) is 1.66. The Hall–Kier alpha value is -2.29. The maximum Gasteiger partial charge on any atom is 0.124 e. The maximum absolute atomic E-state index is 9.72. The summed E-state index contributed by atoms with van der Waals surface area (Å²) in [6.45, 7) is 4.05. The number of nitrogens with zero attached hydrogens (tertiary/aromatic N) is 1. The molecular formula is C17H19NO2. The van der Waals surface area contributed by atoms with Crippen LogP contribution in [-0.4, -0.2) is 18.4 Å². The fraction of sp³-hybridized carbons (Fsp3) is 0.235. The molecule has 0 aliphatic carbocycles. The van der Waals surface area contributed by atoms with Crippen LogP contribution in [0.1, 0.15) is 29.7 Å². The number of aliphatic imine (C=N–C) groups is 1. The third kappa shape index (κ3) is 3.18. The van der Waals surface area contributed by atoms with Crippen LogP contribution < -0.4 is 4.74 Å². The molecule has 0 bridgehead atoms. The summed E-state index contributed by atoms with van der Waals surface area (Å²) in [6.07, 6.45) is 1.70. The van der Waals surface area contributed by atoms with Gasteiger partial charge in [-0.15, -0.1) is 0 Å². The first-order chi connectivity index (χ1) is 9.61. The van der Waals surface area contributed by atoms with Crippen molar-refractivity contribution in [2.24, 2.45) is 4.99 Å². The number of benzene rings is 2. The Morgan fingerprint density at radius 3 is 2.65 bits per heavy atom. The predicted molar refractivity (Wildman–Crippen MR) is 81.8 cm³/mol. The standard InChI is InChI=1S/C17H19NO2/c1-12-8-9-17(20-3)15(10-12)13(2)18-11-14-6-4-5-7-16(14)19/h4-11,13,19H,1-3H3/t13-/m1/s1. The zero-order chi connectivity index (χ0) is 14.5. The number of ether oxygens (including phenoxy) is 1. The second-order valence-corrected chi connectivity index (χ2v) is 4.76. The molecule has 1 N–H and O–H groups in total. The van der Waals surface area contributed by atoms with E-state index >= 15 is 0 Å². The molecule has 2 aromatic carbocycles. The molecule has 0 heterocycles. The first-order valence-corrected chi connectivity index (χ1v) is 6.57. The number of hydrogen-bond donors (Lipinski definition) is 1. The largest absolute Gasteiger partial charge is 0.507 e. The number of rotatable bonds is 4. The van der Waals surface area contributed by atoms with Gasteiger partial charge >= 0.3 is 0 Å². The van der Waals surface area contributed by atoms with Gasteiger partial charge in [-0.1, -0.05) is 29.8 Å². The van der Waals surface area contributed by atoms with Crippen molar-refractivity contribution in [3.05, 3.63) is 59.2 Å². The van der Waals surface area contributed by atoms with Crippen LogP contribution in [0.5, 0.6) is 11.5 Å². The van der Waals surface area contributed by atoms with Gasteiger partial charge in [-0.3, -0.25) is 4.99 Å². The van der Waals surface area contributed by atoms with Crippen LogP contribution in [0.25, 0.3) is 0 Å². The number of phenols is 1. The highest BCUT2D eigenvalue weighted by Gasteiger charge is 2.10. The highest BCUT2D eigenvalue weighted by molar-refractivity contribution is 5.83. The molecule has 104 valence electrons. The average molecular weight is 269 g/mol. The van der Waals surface area contributed by atoms with E-state index in [2.05, 4.69) is 11.1 Å². The van der Waals surface area contributed by atoms with Crippen molar-refractivity contribution in [3.8, 4) is 11.5 Å². The Morgan fingerprint density at radius 2 is 1.95 bits per heavy atom. The minimum Gasteiger partial charge on any atom is -0.507 e. The molecule has 0 saturated carbocycles. The van der Waals surface area contributed by atoms with E-state index in [9.17, 15) is 5.11 Å². The smallest absolute Gasteiger partial charge is 0.124 e. The molecule has 0 aliphatic heterocycles. The number of aryl methyl sites for hydroxylation is 1. The molecule has 0 spiro atoms. The van der Waals surface area contributed by atoms with Gasteiger partial charge in [0.1, 0.15) is 11.5 Å². The molecule has 0 amide bonds. The summed E-state index contributed by atoms with van der Waals surface area (Å²) < 4.78 is 5.37. The van der Waals surface area contributed by atoms with E-state index in [4.69, 9.17) is 4.74 Å². The van der Waals surface area contributed by atoms with Crippen LogP contribution >= 0.6 is 0 Å². The lowest BCUT2D eigenvalue weighted by atomic mass is 10.0. The van der Waals surface area contributed by atoms with Gasteiger partial charge < -0.3 is 9.84 Å². The van der Waals surface area contributed by atoms with Crippen molar-refractivity contribution in [1.29, 1.82) is 0 Å². The van der Waals surface area contributed by atoms with E-state index in [1.165, 1.54) is 5.56 Å². The Morgan fingerprint density at radius 1 is 1.20 bits per heavy atom. The second-order valence-electron chi connectivity index (χ2n) is 4.76. The quantitative estimate of drug-likeness (QED) is 0.856. The van der Waals surface area contributed by atoms with Crippen molar-refractivity contribution in [2.45, 2.75) is 19.9 Å². The van der Waals surface area contributed by atoms with E-state index in [1.807, 2.05) is 38.1 Å². The number of para-hydroxylation sites is 1. The summed E-state index contributed by atoms with van der Waals surface area (Å²) in [4.78, 5) is 4.51. The van der Waals surface area contributed by atoms with Crippen molar-refractivity contribution < 1.29 is 9.84 Å². The van der Waals surface area contributed by atoms with E-state index in [1.54, 1.807) is 25.5 Å². The molecular weight excluding hydrogens is 250 g/mol. The Kier molecular flexibility index (Phi) is 4.41. The highest BCUT2D eigenvalue weighted by Crippen LogP contribution is 2.28. The van der Waals surface area contributed by atoms with E-state index in [0.717, 1.165) is 11.3 Å². The fourth-order valence-corrected chi connectivity index (χ4v) is 2.05. The molecule has 3 nitrogen and oxygen atoms in total. The van der Waals surface area contributed by atoms with Crippen LogP contribution in [0.4, 0.5) is 0 Å². The van der Waals surface area contributed by atoms with Gasteiger partial charge in [0.15, 0.2) is 0 Å². The maximum atomic E-state index is 9.72. The first kappa shape index (κ1) is 14.1.